The first-order valence-electron chi connectivity index (χ1n) is 7.08. The summed E-state index contributed by atoms with van der Waals surface area (Å²) in [6.45, 7) is -2.21. The fraction of sp³-hybridized carbons (Fsp3) is 1.00. The molecule has 0 amide bonds. The van der Waals surface area contributed by atoms with Crippen LogP contribution in [0.1, 0.15) is 0 Å². The molecule has 9 atom stereocenters. The lowest BCUT2D eigenvalue weighted by molar-refractivity contribution is -0.383. The van der Waals surface area contributed by atoms with Gasteiger partial charge < -0.3 is 55.1 Å². The van der Waals surface area contributed by atoms with Gasteiger partial charge in [-0.1, -0.05) is 0 Å². The van der Waals surface area contributed by atoms with E-state index in [1.807, 2.05) is 0 Å². The van der Waals surface area contributed by atoms with Gasteiger partial charge in [0.25, 0.3) is 0 Å². The molecule has 11 heteroatoms. The number of hydrogen-bond acceptors (Lipinski definition) is 10. The Morgan fingerprint density at radius 3 is 2.00 bits per heavy atom. The molecule has 2 aliphatic heterocycles. The normalized spacial score (nSPS) is 51.1. The first-order chi connectivity index (χ1) is 10.8. The van der Waals surface area contributed by atoms with E-state index in [0.29, 0.717) is 0 Å². The standard InChI is InChI=1S/C12H22O11/c13-1-4-6(16)8(18)9(19)11(21-4)23-12(3-15)10(20)7(17)5(2-14)22-12/h4-11,13-20H,1-3H2/p+1/t4?,5?,6-,7?,8?,9?,10?,11+,12-/m1/s1. The van der Waals surface area contributed by atoms with Crippen molar-refractivity contribution in [3.63, 3.8) is 0 Å². The van der Waals surface area contributed by atoms with Crippen molar-refractivity contribution in [2.75, 3.05) is 19.8 Å². The van der Waals surface area contributed by atoms with Gasteiger partial charge in [-0.3, -0.25) is 0 Å². The van der Waals surface area contributed by atoms with E-state index in [-0.39, 0.29) is 0 Å². The summed E-state index contributed by atoms with van der Waals surface area (Å²) >= 11 is 0. The highest BCUT2D eigenvalue weighted by Gasteiger charge is 2.60. The maximum absolute atomic E-state index is 10.1. The van der Waals surface area contributed by atoms with Gasteiger partial charge in [0, 0.05) is 0 Å². The Balaban J connectivity index is 2.18. The number of aliphatic hydroxyl groups is 7. The average Bonchev–Trinajstić information content (AvgIpc) is 2.80. The van der Waals surface area contributed by atoms with Gasteiger partial charge in [-0.15, -0.1) is 0 Å². The molecule has 0 saturated carbocycles. The van der Waals surface area contributed by atoms with Crippen molar-refractivity contribution in [3.8, 4) is 0 Å². The molecular weight excluding hydrogens is 320 g/mol. The summed E-state index contributed by atoms with van der Waals surface area (Å²) in [4.78, 5) is 0. The Hall–Kier alpha value is -0.440. The van der Waals surface area contributed by atoms with Crippen LogP contribution >= 0.6 is 0 Å². The van der Waals surface area contributed by atoms with Crippen LogP contribution in [0.2, 0.25) is 0 Å². The minimum absolute atomic E-state index is 0.606. The monoisotopic (exact) mass is 343 g/mol. The van der Waals surface area contributed by atoms with Gasteiger partial charge in [-0.2, -0.15) is 0 Å². The molecule has 9 N–H and O–H groups in total. The van der Waals surface area contributed by atoms with Crippen molar-refractivity contribution < 1.29 is 55.1 Å². The zero-order chi connectivity index (χ0) is 17.4. The largest absolute Gasteiger partial charge is 0.439 e. The second kappa shape index (κ2) is 7.21. The predicted octanol–water partition coefficient (Wildman–Crippen LogP) is -5.66. The topological polar surface area (TPSA) is 192 Å². The first kappa shape index (κ1) is 18.9. The van der Waals surface area contributed by atoms with Gasteiger partial charge >= 0.3 is 0 Å². The molecule has 0 aromatic rings. The molecule has 2 fully saturated rings. The Bertz CT molecular complexity index is 393. The van der Waals surface area contributed by atoms with Crippen molar-refractivity contribution in [3.05, 3.63) is 0 Å². The summed E-state index contributed by atoms with van der Waals surface area (Å²) in [6.07, 6.45) is -12.1. The Labute approximate surface area is 130 Å². The quantitative estimate of drug-likeness (QED) is 0.237. The van der Waals surface area contributed by atoms with E-state index >= 15 is 0 Å². The molecule has 11 nitrogen and oxygen atoms in total. The summed E-state index contributed by atoms with van der Waals surface area (Å²) in [6, 6.07) is 0. The molecule has 136 valence electrons. The number of hydrogen-bond donors (Lipinski definition) is 7. The van der Waals surface area contributed by atoms with Crippen LogP contribution in [0, 0.1) is 0 Å². The van der Waals surface area contributed by atoms with E-state index in [4.69, 9.17) is 29.5 Å². The molecule has 0 aromatic heterocycles. The highest BCUT2D eigenvalue weighted by atomic mass is 16.8. The minimum atomic E-state index is -2.16. The van der Waals surface area contributed by atoms with Gasteiger partial charge in [-0.05, 0) is 0 Å². The highest BCUT2D eigenvalue weighted by Crippen LogP contribution is 2.35. The molecule has 6 unspecified atom stereocenters. The third-order valence-corrected chi connectivity index (χ3v) is 4.11. The van der Waals surface area contributed by atoms with Crippen LogP contribution in [0.3, 0.4) is 0 Å². The van der Waals surface area contributed by atoms with Crippen LogP contribution in [-0.4, -0.2) is 115 Å². The molecule has 23 heavy (non-hydrogen) atoms. The van der Waals surface area contributed by atoms with Crippen molar-refractivity contribution in [1.82, 2.24) is 0 Å². The van der Waals surface area contributed by atoms with Crippen LogP contribution in [-0.2, 0) is 14.2 Å². The molecule has 0 aromatic carbocycles. The minimum Gasteiger partial charge on any atom is -0.439 e. The summed E-state index contributed by atoms with van der Waals surface area (Å²) < 4.78 is 15.6. The Morgan fingerprint density at radius 1 is 0.913 bits per heavy atom. The fourth-order valence-electron chi connectivity index (χ4n) is 2.65. The Kier molecular flexibility index (Phi) is 5.92. The lowest BCUT2D eigenvalue weighted by Gasteiger charge is -2.43. The molecule has 0 spiro atoms. The molecule has 0 aliphatic carbocycles. The van der Waals surface area contributed by atoms with Crippen molar-refractivity contribution in [2.45, 2.75) is 54.8 Å². The summed E-state index contributed by atoms with van der Waals surface area (Å²) in [5.41, 5.74) is 0. The summed E-state index contributed by atoms with van der Waals surface area (Å²) in [5.74, 6) is -2.16. The maximum Gasteiger partial charge on any atom is 0.229 e. The number of aliphatic hydroxyl groups excluding tert-OH is 7. The van der Waals surface area contributed by atoms with E-state index in [9.17, 15) is 25.5 Å². The van der Waals surface area contributed by atoms with E-state index in [2.05, 4.69) is 0 Å². The predicted molar refractivity (Wildman–Crippen MR) is 70.0 cm³/mol. The number of ether oxygens (including phenoxy) is 3. The van der Waals surface area contributed by atoms with E-state index in [0.717, 1.165) is 0 Å². The first-order valence-corrected chi connectivity index (χ1v) is 7.08. The average molecular weight is 343 g/mol. The number of rotatable bonds is 5. The third-order valence-electron chi connectivity index (χ3n) is 4.11. The van der Waals surface area contributed by atoms with Crippen molar-refractivity contribution in [1.29, 1.82) is 0 Å². The third kappa shape index (κ3) is 3.23. The van der Waals surface area contributed by atoms with Crippen molar-refractivity contribution >= 4 is 0 Å². The van der Waals surface area contributed by atoms with Crippen molar-refractivity contribution in [2.24, 2.45) is 0 Å². The summed E-state index contributed by atoms with van der Waals surface area (Å²) in [7, 11) is 0. The Morgan fingerprint density at radius 2 is 1.52 bits per heavy atom. The maximum atomic E-state index is 10.1. The second-order valence-corrected chi connectivity index (χ2v) is 5.59. The van der Waals surface area contributed by atoms with E-state index in [1.54, 1.807) is 0 Å². The molecule has 2 aliphatic rings. The zero-order valence-corrected chi connectivity index (χ0v) is 12.1. The molecular formula is C12H23O11+. The second-order valence-electron chi connectivity index (χ2n) is 5.59. The summed E-state index contributed by atoms with van der Waals surface area (Å²) in [5, 5.41) is 74.8. The molecule has 2 heterocycles. The van der Waals surface area contributed by atoms with Crippen LogP contribution < -0.4 is 0 Å². The van der Waals surface area contributed by atoms with Crippen LogP contribution in [0.15, 0.2) is 0 Å². The highest BCUT2D eigenvalue weighted by molar-refractivity contribution is 4.98. The molecule has 0 bridgehead atoms. The van der Waals surface area contributed by atoms with E-state index in [1.165, 1.54) is 0 Å². The van der Waals surface area contributed by atoms with Crippen LogP contribution in [0.25, 0.3) is 0 Å². The van der Waals surface area contributed by atoms with Gasteiger partial charge in [0.05, 0.1) is 13.2 Å². The lowest BCUT2D eigenvalue weighted by atomic mass is 9.99. The smallest absolute Gasteiger partial charge is 0.229 e. The van der Waals surface area contributed by atoms with E-state index < -0.39 is 74.6 Å². The molecule has 2 rings (SSSR count). The van der Waals surface area contributed by atoms with Gasteiger partial charge in [0.2, 0.25) is 11.9 Å². The fourth-order valence-corrected chi connectivity index (χ4v) is 2.65. The molecule has 2 saturated heterocycles. The van der Waals surface area contributed by atoms with Crippen LogP contribution in [0.4, 0.5) is 0 Å². The SMILES string of the molecule is OCC1O[C@](CO)(O[C@@H]2OC(CO)[C@@H](O)C(O)C2O)C(O)C1[OH2+]. The van der Waals surface area contributed by atoms with Gasteiger partial charge in [0.1, 0.15) is 31.0 Å². The lowest BCUT2D eigenvalue weighted by Crippen LogP contribution is -2.62. The van der Waals surface area contributed by atoms with Gasteiger partial charge in [-0.25, -0.2) is 0 Å². The molecule has 0 radical (unpaired) electrons. The zero-order valence-electron chi connectivity index (χ0n) is 12.1. The van der Waals surface area contributed by atoms with Crippen LogP contribution in [0.5, 0.6) is 0 Å². The van der Waals surface area contributed by atoms with Gasteiger partial charge in [0.15, 0.2) is 18.5 Å².